The van der Waals surface area contributed by atoms with Gasteiger partial charge in [-0.2, -0.15) is 0 Å². The zero-order chi connectivity index (χ0) is 10.3. The lowest BCUT2D eigenvalue weighted by molar-refractivity contribution is 0.653. The van der Waals surface area contributed by atoms with Gasteiger partial charge in [0.1, 0.15) is 5.82 Å². The average molecular weight is 190 g/mol. The molecule has 0 radical (unpaired) electrons. The van der Waals surface area contributed by atoms with Crippen LogP contribution in [0.2, 0.25) is 0 Å². The molecule has 2 rings (SSSR count). The largest absolute Gasteiger partial charge is 0.303 e. The molecular formula is C10H14N4. The van der Waals surface area contributed by atoms with E-state index in [-0.39, 0.29) is 0 Å². The van der Waals surface area contributed by atoms with Crippen molar-refractivity contribution in [1.29, 1.82) is 0 Å². The quantitative estimate of drug-likeness (QED) is 0.658. The highest BCUT2D eigenvalue weighted by Crippen LogP contribution is 2.08. The lowest BCUT2D eigenvalue weighted by Gasteiger charge is -2.23. The van der Waals surface area contributed by atoms with E-state index in [1.807, 2.05) is 18.1 Å². The third-order valence-corrected chi connectivity index (χ3v) is 2.21. The van der Waals surface area contributed by atoms with E-state index in [2.05, 4.69) is 35.8 Å². The Bertz CT molecular complexity index is 464. The van der Waals surface area contributed by atoms with Crippen LogP contribution in [0.15, 0.2) is 0 Å². The van der Waals surface area contributed by atoms with Crippen molar-refractivity contribution in [2.75, 3.05) is 5.01 Å². The van der Waals surface area contributed by atoms with Crippen molar-refractivity contribution in [3.8, 4) is 0 Å². The highest BCUT2D eigenvalue weighted by atomic mass is 15.5. The molecule has 0 fully saturated rings. The molecule has 0 aromatic carbocycles. The first-order valence-corrected chi connectivity index (χ1v) is 4.69. The Morgan fingerprint density at radius 3 is 2.79 bits per heavy atom. The van der Waals surface area contributed by atoms with Gasteiger partial charge in [0.25, 0.3) is 0 Å². The Labute approximate surface area is 83.0 Å². The summed E-state index contributed by atoms with van der Waals surface area (Å²) >= 11 is 0. The fourth-order valence-electron chi connectivity index (χ4n) is 1.54. The normalized spacial score (nSPS) is 13.9. The van der Waals surface area contributed by atoms with Crippen LogP contribution in [-0.2, 0) is 0 Å². The molecule has 4 nitrogen and oxygen atoms in total. The number of hydrogen-bond acceptors (Lipinski definition) is 4. The van der Waals surface area contributed by atoms with E-state index in [1.165, 1.54) is 0 Å². The fraction of sp³-hybridized carbons (Fsp3) is 0.400. The van der Waals surface area contributed by atoms with E-state index in [0.717, 1.165) is 22.2 Å². The summed E-state index contributed by atoms with van der Waals surface area (Å²) in [5, 5.41) is 3.78. The molecule has 0 aliphatic carbocycles. The number of aryl methyl sites for hydroxylation is 1. The number of nitrogens with one attached hydrogen (secondary N) is 1. The third-order valence-electron chi connectivity index (χ3n) is 2.21. The first-order chi connectivity index (χ1) is 6.59. The molecule has 0 saturated carbocycles. The number of aromatic nitrogens is 2. The highest BCUT2D eigenvalue weighted by Gasteiger charge is 2.17. The fourth-order valence-corrected chi connectivity index (χ4v) is 1.54. The summed E-state index contributed by atoms with van der Waals surface area (Å²) < 4.78 is 0. The van der Waals surface area contributed by atoms with Crippen molar-refractivity contribution >= 4 is 18.6 Å². The maximum Gasteiger partial charge on any atom is 0.160 e. The molecule has 0 atom stereocenters. The van der Waals surface area contributed by atoms with Crippen LogP contribution in [0.4, 0.5) is 5.82 Å². The van der Waals surface area contributed by atoms with Crippen molar-refractivity contribution < 1.29 is 0 Å². The van der Waals surface area contributed by atoms with Crippen molar-refractivity contribution in [1.82, 2.24) is 15.4 Å². The van der Waals surface area contributed by atoms with Crippen LogP contribution in [0.1, 0.15) is 19.7 Å². The van der Waals surface area contributed by atoms with Crippen molar-refractivity contribution in [2.24, 2.45) is 0 Å². The van der Waals surface area contributed by atoms with Gasteiger partial charge < -0.3 is 5.43 Å². The molecular weight excluding hydrogens is 176 g/mol. The number of nitrogens with zero attached hydrogens (tertiary/aromatic N) is 3. The number of hydrogen-bond donors (Lipinski definition) is 1. The molecule has 0 bridgehead atoms. The Balaban J connectivity index is 2.62. The predicted octanol–water partition coefficient (Wildman–Crippen LogP) is -0.334. The van der Waals surface area contributed by atoms with Crippen LogP contribution in [0.3, 0.4) is 0 Å². The van der Waals surface area contributed by atoms with E-state index >= 15 is 0 Å². The summed E-state index contributed by atoms with van der Waals surface area (Å²) in [6, 6.07) is 0.362. The van der Waals surface area contributed by atoms with Crippen LogP contribution in [0.5, 0.6) is 0 Å². The minimum absolute atomic E-state index is 0.362. The Morgan fingerprint density at radius 2 is 2.14 bits per heavy atom. The lowest BCUT2D eigenvalue weighted by Crippen LogP contribution is -2.39. The van der Waals surface area contributed by atoms with Crippen LogP contribution in [0.25, 0.3) is 12.8 Å². The molecule has 0 unspecified atom stereocenters. The summed E-state index contributed by atoms with van der Waals surface area (Å²) in [5.74, 6) is 1.69. The summed E-state index contributed by atoms with van der Waals surface area (Å²) in [6.45, 7) is 9.99. The number of hydrazine groups is 1. The number of rotatable bonds is 1. The minimum Gasteiger partial charge on any atom is -0.303 e. The first kappa shape index (κ1) is 8.99. The number of fused-ring (bicyclic) bond motifs is 1. The molecule has 0 amide bonds. The van der Waals surface area contributed by atoms with Crippen LogP contribution < -0.4 is 21.0 Å². The second-order valence-electron chi connectivity index (χ2n) is 3.69. The molecule has 1 aromatic heterocycles. The van der Waals surface area contributed by atoms with E-state index in [9.17, 15) is 0 Å². The summed E-state index contributed by atoms with van der Waals surface area (Å²) in [5.41, 5.74) is 3.16. The smallest absolute Gasteiger partial charge is 0.160 e. The predicted molar refractivity (Wildman–Crippen MR) is 56.8 cm³/mol. The molecule has 1 aliphatic heterocycles. The van der Waals surface area contributed by atoms with Gasteiger partial charge >= 0.3 is 0 Å². The van der Waals surface area contributed by atoms with Gasteiger partial charge in [-0.3, -0.25) is 5.01 Å². The van der Waals surface area contributed by atoms with Crippen LogP contribution in [-0.4, -0.2) is 16.0 Å². The SMILES string of the molecule is C=c1nc(C)nc2c1=CNN2C(C)C. The third kappa shape index (κ3) is 1.23. The topological polar surface area (TPSA) is 41.1 Å². The van der Waals surface area contributed by atoms with Gasteiger partial charge in [0.05, 0.1) is 10.6 Å². The van der Waals surface area contributed by atoms with E-state index in [4.69, 9.17) is 0 Å². The minimum atomic E-state index is 0.362. The van der Waals surface area contributed by atoms with Crippen molar-refractivity contribution in [3.05, 3.63) is 16.4 Å². The summed E-state index contributed by atoms with van der Waals surface area (Å²) in [4.78, 5) is 8.62. The van der Waals surface area contributed by atoms with Gasteiger partial charge in [-0.25, -0.2) is 9.97 Å². The Kier molecular flexibility index (Phi) is 1.91. The van der Waals surface area contributed by atoms with Crippen LogP contribution >= 0.6 is 0 Å². The van der Waals surface area contributed by atoms with Crippen molar-refractivity contribution in [3.63, 3.8) is 0 Å². The van der Waals surface area contributed by atoms with Gasteiger partial charge in [0.15, 0.2) is 5.82 Å². The van der Waals surface area contributed by atoms with E-state index < -0.39 is 0 Å². The molecule has 0 saturated heterocycles. The molecule has 1 N–H and O–H groups in total. The second kappa shape index (κ2) is 2.97. The maximum atomic E-state index is 4.40. The number of anilines is 1. The Morgan fingerprint density at radius 1 is 1.43 bits per heavy atom. The summed E-state index contributed by atoms with van der Waals surface area (Å²) in [7, 11) is 0. The van der Waals surface area contributed by atoms with Gasteiger partial charge in [0, 0.05) is 12.2 Å². The van der Waals surface area contributed by atoms with Gasteiger partial charge in [-0.15, -0.1) is 0 Å². The van der Waals surface area contributed by atoms with Gasteiger partial charge in [-0.1, -0.05) is 6.58 Å². The highest BCUT2D eigenvalue weighted by molar-refractivity contribution is 5.51. The second-order valence-corrected chi connectivity index (χ2v) is 3.69. The van der Waals surface area contributed by atoms with E-state index in [0.29, 0.717) is 6.04 Å². The summed E-state index contributed by atoms with van der Waals surface area (Å²) in [6.07, 6.45) is 1.90. The molecule has 14 heavy (non-hydrogen) atoms. The van der Waals surface area contributed by atoms with Crippen molar-refractivity contribution in [2.45, 2.75) is 26.8 Å². The van der Waals surface area contributed by atoms with E-state index in [1.54, 1.807) is 0 Å². The Hall–Kier alpha value is -1.58. The molecule has 4 heteroatoms. The molecule has 0 spiro atoms. The molecule has 2 heterocycles. The van der Waals surface area contributed by atoms with Gasteiger partial charge in [-0.05, 0) is 20.8 Å². The first-order valence-electron chi connectivity index (χ1n) is 4.69. The van der Waals surface area contributed by atoms with Crippen LogP contribution in [0, 0.1) is 6.92 Å². The van der Waals surface area contributed by atoms with Gasteiger partial charge in [0.2, 0.25) is 0 Å². The monoisotopic (exact) mass is 190 g/mol. The maximum absolute atomic E-state index is 4.40. The zero-order valence-electron chi connectivity index (χ0n) is 8.70. The zero-order valence-corrected chi connectivity index (χ0v) is 8.70. The molecule has 1 aliphatic rings. The lowest BCUT2D eigenvalue weighted by atomic mass is 10.3. The average Bonchev–Trinajstić information content (AvgIpc) is 2.47. The standard InChI is InChI=1S/C10H14N4/c1-6(2)14-10-9(5-11-14)7(3)12-8(4)13-10/h5-6,11H,3H2,1-2,4H3. The molecule has 74 valence electrons. The molecule has 1 aromatic rings.